The molecule has 4 rings (SSSR count). The summed E-state index contributed by atoms with van der Waals surface area (Å²) in [7, 11) is 1.98. The van der Waals surface area contributed by atoms with Crippen molar-refractivity contribution in [2.75, 3.05) is 52.9 Å². The van der Waals surface area contributed by atoms with Crippen molar-refractivity contribution in [3.63, 3.8) is 0 Å². The maximum Gasteiger partial charge on any atom is 0.248 e. The average molecular weight is 387 g/mol. The van der Waals surface area contributed by atoms with E-state index in [1.165, 1.54) is 5.56 Å². The molecule has 27 heavy (non-hydrogen) atoms. The van der Waals surface area contributed by atoms with E-state index in [4.69, 9.17) is 16.6 Å². The van der Waals surface area contributed by atoms with Crippen LogP contribution in [0, 0.1) is 11.5 Å². The summed E-state index contributed by atoms with van der Waals surface area (Å²) in [4.78, 5) is 25.6. The van der Waals surface area contributed by atoms with Crippen molar-refractivity contribution in [1.82, 2.24) is 19.6 Å². The van der Waals surface area contributed by atoms with Crippen LogP contribution in [0.25, 0.3) is 0 Å². The highest BCUT2D eigenvalue weighted by Gasteiger charge is 2.41. The van der Waals surface area contributed by atoms with Gasteiger partial charge in [-0.1, -0.05) is 23.7 Å². The quantitative estimate of drug-likeness (QED) is 0.674. The number of hydrogen-bond acceptors (Lipinski definition) is 6. The van der Waals surface area contributed by atoms with Crippen LogP contribution in [-0.4, -0.2) is 90.4 Å². The van der Waals surface area contributed by atoms with E-state index in [0.29, 0.717) is 26.2 Å². The minimum Gasteiger partial charge on any atom is -0.345 e. The zero-order chi connectivity index (χ0) is 19.0. The lowest BCUT2D eigenvalue weighted by Gasteiger charge is -2.46. The Morgan fingerprint density at radius 3 is 2.78 bits per heavy atom. The van der Waals surface area contributed by atoms with Crippen LogP contribution in [0.15, 0.2) is 29.3 Å². The number of carbonyl (C=O) groups excluding carboxylic acids is 1. The lowest BCUT2D eigenvalue weighted by atomic mass is 9.97. The number of likely N-dealkylation sites (N-methyl/N-ethyl adjacent to an activating group) is 1. The van der Waals surface area contributed by atoms with Crippen LogP contribution in [0.1, 0.15) is 11.5 Å². The number of amides is 1. The summed E-state index contributed by atoms with van der Waals surface area (Å²) in [6.45, 7) is 4.82. The summed E-state index contributed by atoms with van der Waals surface area (Å²) in [6, 6.07) is 7.65. The van der Waals surface area contributed by atoms with Crippen LogP contribution >= 0.6 is 11.6 Å². The Morgan fingerprint density at radius 2 is 2.04 bits per heavy atom. The number of rotatable bonds is 1. The van der Waals surface area contributed by atoms with Gasteiger partial charge in [0.1, 0.15) is 6.04 Å². The van der Waals surface area contributed by atoms with Crippen LogP contribution in [0.3, 0.4) is 0 Å². The summed E-state index contributed by atoms with van der Waals surface area (Å²) in [5, 5.41) is 9.90. The number of halogens is 1. The van der Waals surface area contributed by atoms with Crippen LogP contribution in [-0.2, 0) is 4.79 Å². The highest BCUT2D eigenvalue weighted by molar-refractivity contribution is 6.30. The minimum absolute atomic E-state index is 0.0491. The number of piperazine rings is 2. The summed E-state index contributed by atoms with van der Waals surface area (Å²) < 4.78 is 0. The number of hydrogen-bond donors (Lipinski definition) is 0. The second-order valence-corrected chi connectivity index (χ2v) is 7.80. The van der Waals surface area contributed by atoms with E-state index in [2.05, 4.69) is 22.1 Å². The molecule has 142 valence electrons. The number of guanidine groups is 1. The highest BCUT2D eigenvalue weighted by atomic mass is 35.5. The van der Waals surface area contributed by atoms with Crippen molar-refractivity contribution in [1.29, 1.82) is 5.26 Å². The Labute approximate surface area is 164 Å². The van der Waals surface area contributed by atoms with Crippen molar-refractivity contribution in [2.45, 2.75) is 12.0 Å². The molecular weight excluding hydrogens is 364 g/mol. The maximum atomic E-state index is 13.1. The Hall–Kier alpha value is -2.30. The molecule has 1 aromatic rings. The first-order valence-corrected chi connectivity index (χ1v) is 9.66. The molecule has 3 aliphatic rings. The molecule has 3 aliphatic heterocycles. The first-order chi connectivity index (χ1) is 13.1. The van der Waals surface area contributed by atoms with Gasteiger partial charge in [0.25, 0.3) is 0 Å². The molecule has 2 atom stereocenters. The first-order valence-electron chi connectivity index (χ1n) is 9.28. The average Bonchev–Trinajstić information content (AvgIpc) is 2.68. The molecule has 0 N–H and O–H groups in total. The fourth-order valence-electron chi connectivity index (χ4n) is 4.18. The van der Waals surface area contributed by atoms with Crippen LogP contribution in [0.2, 0.25) is 5.02 Å². The van der Waals surface area contributed by atoms with E-state index in [9.17, 15) is 10.1 Å². The molecule has 0 spiro atoms. The van der Waals surface area contributed by atoms with E-state index in [1.807, 2.05) is 25.2 Å². The lowest BCUT2D eigenvalue weighted by molar-refractivity contribution is -0.139. The predicted molar refractivity (Wildman–Crippen MR) is 103 cm³/mol. The number of fused-ring (bicyclic) bond motifs is 1. The summed E-state index contributed by atoms with van der Waals surface area (Å²) >= 11 is 6.12. The third-order valence-electron chi connectivity index (χ3n) is 5.64. The number of benzene rings is 1. The van der Waals surface area contributed by atoms with Gasteiger partial charge in [-0.15, -0.1) is 0 Å². The molecule has 1 unspecified atom stereocenters. The van der Waals surface area contributed by atoms with Gasteiger partial charge in [0.15, 0.2) is 6.19 Å². The summed E-state index contributed by atoms with van der Waals surface area (Å²) in [6.07, 6.45) is 2.17. The maximum absolute atomic E-state index is 13.1. The SMILES string of the molecule is CN1CC(c2cccc(Cl)c2)CN=C1N1CCN2CCN(C#N)C[C@H]2C1=O. The van der Waals surface area contributed by atoms with E-state index in [-0.39, 0.29) is 17.9 Å². The Balaban J connectivity index is 1.50. The van der Waals surface area contributed by atoms with Gasteiger partial charge in [-0.2, -0.15) is 5.26 Å². The molecular formula is C19H23ClN6O. The molecule has 2 fully saturated rings. The van der Waals surface area contributed by atoms with Crippen LogP contribution in [0.4, 0.5) is 0 Å². The Bertz CT molecular complexity index is 806. The van der Waals surface area contributed by atoms with Crippen molar-refractivity contribution < 1.29 is 4.79 Å². The number of nitriles is 1. The minimum atomic E-state index is -0.256. The van der Waals surface area contributed by atoms with Crippen LogP contribution < -0.4 is 0 Å². The van der Waals surface area contributed by atoms with Crippen molar-refractivity contribution in [2.24, 2.45) is 4.99 Å². The van der Waals surface area contributed by atoms with E-state index < -0.39 is 0 Å². The monoisotopic (exact) mass is 386 g/mol. The summed E-state index contributed by atoms with van der Waals surface area (Å²) in [5.74, 6) is 1.05. The Kier molecular flexibility index (Phi) is 4.94. The number of carbonyl (C=O) groups is 1. The van der Waals surface area contributed by atoms with E-state index >= 15 is 0 Å². The zero-order valence-corrected chi connectivity index (χ0v) is 16.1. The normalized spacial score (nSPS) is 26.5. The van der Waals surface area contributed by atoms with E-state index in [1.54, 1.807) is 9.80 Å². The second kappa shape index (κ2) is 7.37. The van der Waals surface area contributed by atoms with Crippen molar-refractivity contribution in [3.8, 4) is 6.19 Å². The Morgan fingerprint density at radius 1 is 1.22 bits per heavy atom. The molecule has 0 bridgehead atoms. The zero-order valence-electron chi connectivity index (χ0n) is 15.4. The molecule has 1 amide bonds. The fraction of sp³-hybridized carbons (Fsp3) is 0.526. The first kappa shape index (κ1) is 18.1. The number of nitrogens with zero attached hydrogens (tertiary/aromatic N) is 6. The standard InChI is InChI=1S/C19H23ClN6O/c1-23-11-15(14-3-2-4-16(20)9-14)10-22-19(23)26-8-7-25-6-5-24(13-21)12-17(25)18(26)27/h2-4,9,15,17H,5-8,10-12H2,1H3/t15?,17-/m0/s1. The van der Waals surface area contributed by atoms with Gasteiger partial charge < -0.3 is 9.80 Å². The molecule has 7 nitrogen and oxygen atoms in total. The second-order valence-electron chi connectivity index (χ2n) is 7.36. The molecule has 0 aliphatic carbocycles. The third kappa shape index (κ3) is 3.47. The number of aliphatic imine (C=N–C) groups is 1. The van der Waals surface area contributed by atoms with Gasteiger partial charge >= 0.3 is 0 Å². The largest absolute Gasteiger partial charge is 0.345 e. The van der Waals surface area contributed by atoms with Crippen LogP contribution in [0.5, 0.6) is 0 Å². The van der Waals surface area contributed by atoms with E-state index in [0.717, 1.165) is 30.6 Å². The molecule has 8 heteroatoms. The molecule has 0 saturated carbocycles. The predicted octanol–water partition coefficient (Wildman–Crippen LogP) is 1.03. The third-order valence-corrected chi connectivity index (χ3v) is 5.88. The molecule has 3 heterocycles. The lowest BCUT2D eigenvalue weighted by Crippen LogP contribution is -2.66. The highest BCUT2D eigenvalue weighted by Crippen LogP contribution is 2.25. The smallest absolute Gasteiger partial charge is 0.248 e. The molecule has 1 aromatic carbocycles. The fourth-order valence-corrected chi connectivity index (χ4v) is 4.37. The van der Waals surface area contributed by atoms with Gasteiger partial charge in [-0.05, 0) is 17.7 Å². The summed E-state index contributed by atoms with van der Waals surface area (Å²) in [5.41, 5.74) is 1.17. The van der Waals surface area contributed by atoms with Crippen molar-refractivity contribution in [3.05, 3.63) is 34.9 Å². The topological polar surface area (TPSA) is 66.2 Å². The van der Waals surface area contributed by atoms with Crippen molar-refractivity contribution >= 4 is 23.5 Å². The van der Waals surface area contributed by atoms with Gasteiger partial charge in [-0.3, -0.25) is 19.6 Å². The molecule has 0 radical (unpaired) electrons. The van der Waals surface area contributed by atoms with Gasteiger partial charge in [-0.25, -0.2) is 0 Å². The van der Waals surface area contributed by atoms with Gasteiger partial charge in [0.2, 0.25) is 11.9 Å². The molecule has 2 saturated heterocycles. The molecule has 0 aromatic heterocycles. The van der Waals surface area contributed by atoms with Gasteiger partial charge in [0.05, 0.1) is 13.1 Å². The van der Waals surface area contributed by atoms with Gasteiger partial charge in [0, 0.05) is 50.7 Å².